The average Bonchev–Trinajstić information content (AvgIpc) is 2.75. The summed E-state index contributed by atoms with van der Waals surface area (Å²) < 4.78 is 27.2. The van der Waals surface area contributed by atoms with Crippen LogP contribution in [0.2, 0.25) is 0 Å². The van der Waals surface area contributed by atoms with Crippen molar-refractivity contribution in [2.24, 2.45) is 0 Å². The molecule has 0 fully saturated rings. The van der Waals surface area contributed by atoms with Gasteiger partial charge in [0, 0.05) is 9.85 Å². The maximum Gasteiger partial charge on any atom is 0.309 e. The summed E-state index contributed by atoms with van der Waals surface area (Å²) in [6.45, 7) is 0. The van der Waals surface area contributed by atoms with Crippen LogP contribution in [0, 0.1) is 0 Å². The predicted octanol–water partition coefficient (Wildman–Crippen LogP) is 2.33. The molecule has 0 aliphatic rings. The fourth-order valence-electron chi connectivity index (χ4n) is 1.38. The van der Waals surface area contributed by atoms with E-state index in [2.05, 4.69) is 25.6 Å². The first-order valence-corrected chi connectivity index (χ1v) is 8.47. The van der Waals surface area contributed by atoms with E-state index >= 15 is 0 Å². The van der Waals surface area contributed by atoms with Gasteiger partial charge in [0.15, 0.2) is 5.13 Å². The average molecular weight is 377 g/mol. The molecule has 2 rings (SSSR count). The summed E-state index contributed by atoms with van der Waals surface area (Å²) in [7, 11) is -3.72. The van der Waals surface area contributed by atoms with Crippen molar-refractivity contribution in [2.45, 2.75) is 11.3 Å². The fourth-order valence-corrected chi connectivity index (χ4v) is 3.60. The highest BCUT2D eigenvalue weighted by Crippen LogP contribution is 2.21. The molecule has 1 aromatic carbocycles. The number of carbonyl (C=O) groups is 1. The number of sulfonamides is 1. The number of anilines is 1. The predicted molar refractivity (Wildman–Crippen MR) is 78.4 cm³/mol. The molecule has 0 saturated carbocycles. The van der Waals surface area contributed by atoms with Crippen molar-refractivity contribution in [3.8, 4) is 0 Å². The van der Waals surface area contributed by atoms with E-state index in [0.717, 1.165) is 15.8 Å². The SMILES string of the molecule is O=C(O)Cc1csc(NS(=O)(=O)c2ccc(Br)cc2)n1. The molecule has 6 nitrogen and oxygen atoms in total. The van der Waals surface area contributed by atoms with Crippen molar-refractivity contribution >= 4 is 48.4 Å². The molecule has 0 unspecified atom stereocenters. The largest absolute Gasteiger partial charge is 0.481 e. The molecule has 0 atom stereocenters. The first-order valence-electron chi connectivity index (χ1n) is 5.31. The molecule has 2 aromatic rings. The van der Waals surface area contributed by atoms with Gasteiger partial charge < -0.3 is 5.11 Å². The van der Waals surface area contributed by atoms with Crippen LogP contribution in [0.5, 0.6) is 0 Å². The third-order valence-electron chi connectivity index (χ3n) is 2.23. The number of nitrogens with one attached hydrogen (secondary N) is 1. The Balaban J connectivity index is 2.18. The van der Waals surface area contributed by atoms with Gasteiger partial charge in [-0.3, -0.25) is 9.52 Å². The molecule has 106 valence electrons. The molecule has 1 aromatic heterocycles. The molecular weight excluding hydrogens is 368 g/mol. The van der Waals surface area contributed by atoms with Gasteiger partial charge in [-0.15, -0.1) is 11.3 Å². The number of carboxylic acids is 1. The highest BCUT2D eigenvalue weighted by atomic mass is 79.9. The van der Waals surface area contributed by atoms with Gasteiger partial charge in [0.1, 0.15) is 0 Å². The molecule has 2 N–H and O–H groups in total. The summed E-state index contributed by atoms with van der Waals surface area (Å²) in [5.74, 6) is -1.02. The van der Waals surface area contributed by atoms with Gasteiger partial charge in [-0.05, 0) is 24.3 Å². The van der Waals surface area contributed by atoms with Crippen LogP contribution < -0.4 is 4.72 Å². The highest BCUT2D eigenvalue weighted by Gasteiger charge is 2.16. The monoisotopic (exact) mass is 376 g/mol. The van der Waals surface area contributed by atoms with Crippen molar-refractivity contribution in [1.29, 1.82) is 0 Å². The van der Waals surface area contributed by atoms with E-state index in [9.17, 15) is 13.2 Å². The number of aliphatic carboxylic acids is 1. The molecular formula is C11H9BrN2O4S2. The number of hydrogen-bond acceptors (Lipinski definition) is 5. The molecule has 0 saturated heterocycles. The highest BCUT2D eigenvalue weighted by molar-refractivity contribution is 9.10. The van der Waals surface area contributed by atoms with Crippen molar-refractivity contribution in [2.75, 3.05) is 4.72 Å². The van der Waals surface area contributed by atoms with E-state index in [1.54, 1.807) is 12.1 Å². The molecule has 20 heavy (non-hydrogen) atoms. The zero-order chi connectivity index (χ0) is 14.8. The Bertz CT molecular complexity index is 725. The van der Waals surface area contributed by atoms with Crippen molar-refractivity contribution in [3.05, 3.63) is 39.8 Å². The van der Waals surface area contributed by atoms with Gasteiger partial charge in [0.25, 0.3) is 10.0 Å². The number of thiazole rings is 1. The summed E-state index contributed by atoms with van der Waals surface area (Å²) in [6, 6.07) is 6.15. The van der Waals surface area contributed by atoms with E-state index in [0.29, 0.717) is 5.69 Å². The van der Waals surface area contributed by atoms with Crippen LogP contribution in [-0.2, 0) is 21.2 Å². The topological polar surface area (TPSA) is 96.4 Å². The van der Waals surface area contributed by atoms with Gasteiger partial charge in [0.05, 0.1) is 17.0 Å². The van der Waals surface area contributed by atoms with Crippen LogP contribution in [0.15, 0.2) is 39.0 Å². The van der Waals surface area contributed by atoms with Crippen molar-refractivity contribution < 1.29 is 18.3 Å². The smallest absolute Gasteiger partial charge is 0.309 e. The van der Waals surface area contributed by atoms with E-state index < -0.39 is 16.0 Å². The number of carboxylic acid groups (broad SMARTS) is 1. The quantitative estimate of drug-likeness (QED) is 0.834. The van der Waals surface area contributed by atoms with Gasteiger partial charge in [-0.25, -0.2) is 13.4 Å². The number of nitrogens with zero attached hydrogens (tertiary/aromatic N) is 1. The van der Waals surface area contributed by atoms with Crippen LogP contribution in [0.25, 0.3) is 0 Å². The summed E-state index contributed by atoms with van der Waals surface area (Å²) in [5, 5.41) is 10.3. The number of hydrogen-bond donors (Lipinski definition) is 2. The van der Waals surface area contributed by atoms with E-state index in [-0.39, 0.29) is 16.4 Å². The minimum atomic E-state index is -3.72. The van der Waals surface area contributed by atoms with E-state index in [1.165, 1.54) is 17.5 Å². The third-order valence-corrected chi connectivity index (χ3v) is 5.05. The van der Waals surface area contributed by atoms with Crippen LogP contribution in [-0.4, -0.2) is 24.5 Å². The second-order valence-electron chi connectivity index (χ2n) is 3.77. The molecule has 0 amide bonds. The normalized spacial score (nSPS) is 11.2. The minimum absolute atomic E-state index is 0.107. The summed E-state index contributed by atoms with van der Waals surface area (Å²) >= 11 is 4.27. The standard InChI is InChI=1S/C11H9BrN2O4S2/c12-7-1-3-9(4-2-7)20(17,18)14-11-13-8(6-19-11)5-10(15)16/h1-4,6H,5H2,(H,13,14)(H,15,16). The first kappa shape index (κ1) is 14.9. The lowest BCUT2D eigenvalue weighted by Gasteiger charge is -2.04. The molecule has 0 bridgehead atoms. The van der Waals surface area contributed by atoms with Gasteiger partial charge in [-0.1, -0.05) is 15.9 Å². The Kier molecular flexibility index (Phi) is 4.41. The van der Waals surface area contributed by atoms with Gasteiger partial charge in [-0.2, -0.15) is 0 Å². The van der Waals surface area contributed by atoms with Crippen molar-refractivity contribution in [3.63, 3.8) is 0 Å². The molecule has 0 aliphatic heterocycles. The lowest BCUT2D eigenvalue weighted by Crippen LogP contribution is -2.12. The van der Waals surface area contributed by atoms with E-state index in [4.69, 9.17) is 5.11 Å². The first-order chi connectivity index (χ1) is 9.37. The maximum atomic E-state index is 12.1. The molecule has 9 heteroatoms. The van der Waals surface area contributed by atoms with Crippen LogP contribution in [0.1, 0.15) is 5.69 Å². The zero-order valence-electron chi connectivity index (χ0n) is 9.91. The fraction of sp³-hybridized carbons (Fsp3) is 0.0909. The Morgan fingerprint density at radius 3 is 2.60 bits per heavy atom. The third kappa shape index (κ3) is 3.78. The number of benzene rings is 1. The summed E-state index contributed by atoms with van der Waals surface area (Å²) in [4.78, 5) is 14.6. The van der Waals surface area contributed by atoms with Gasteiger partial charge >= 0.3 is 5.97 Å². The Morgan fingerprint density at radius 2 is 2.00 bits per heavy atom. The van der Waals surface area contributed by atoms with Crippen LogP contribution >= 0.6 is 27.3 Å². The van der Waals surface area contributed by atoms with Crippen LogP contribution in [0.3, 0.4) is 0 Å². The summed E-state index contributed by atoms with van der Waals surface area (Å²) in [5.41, 5.74) is 0.316. The second-order valence-corrected chi connectivity index (χ2v) is 7.23. The zero-order valence-corrected chi connectivity index (χ0v) is 13.1. The molecule has 0 spiro atoms. The molecule has 0 aliphatic carbocycles. The Morgan fingerprint density at radius 1 is 1.35 bits per heavy atom. The maximum absolute atomic E-state index is 12.1. The number of aromatic nitrogens is 1. The minimum Gasteiger partial charge on any atom is -0.481 e. The second kappa shape index (κ2) is 5.90. The van der Waals surface area contributed by atoms with E-state index in [1.807, 2.05) is 0 Å². The number of rotatable bonds is 5. The lowest BCUT2D eigenvalue weighted by atomic mass is 10.3. The number of halogens is 1. The van der Waals surface area contributed by atoms with Crippen LogP contribution in [0.4, 0.5) is 5.13 Å². The van der Waals surface area contributed by atoms with Crippen molar-refractivity contribution in [1.82, 2.24) is 4.98 Å². The summed E-state index contributed by atoms with van der Waals surface area (Å²) in [6.07, 6.45) is -0.240. The Hall–Kier alpha value is -1.45. The lowest BCUT2D eigenvalue weighted by molar-refractivity contribution is -0.136. The Labute approximate surface area is 127 Å². The molecule has 0 radical (unpaired) electrons. The molecule has 1 heterocycles. The van der Waals surface area contributed by atoms with Gasteiger partial charge in [0.2, 0.25) is 0 Å².